The molecule has 0 unspecified atom stereocenters. The summed E-state index contributed by atoms with van der Waals surface area (Å²) in [7, 11) is -2.07. The zero-order chi connectivity index (χ0) is 12.9. The second-order valence-corrected chi connectivity index (χ2v) is 4.87. The van der Waals surface area contributed by atoms with Crippen LogP contribution in [0.3, 0.4) is 0 Å². The Kier molecular flexibility index (Phi) is 4.35. The number of primary amides is 1. The van der Waals surface area contributed by atoms with Crippen LogP contribution in [0.5, 0.6) is 0 Å². The number of carbonyl (C=O) groups excluding carboxylic acids is 1. The Morgan fingerprint density at radius 3 is 2.47 bits per heavy atom. The molecule has 0 radical (unpaired) electrons. The molecule has 94 valence electrons. The van der Waals surface area contributed by atoms with Gasteiger partial charge in [-0.15, -0.1) is 0 Å². The van der Waals surface area contributed by atoms with E-state index in [0.717, 1.165) is 0 Å². The first-order valence-corrected chi connectivity index (χ1v) is 6.22. The predicted molar refractivity (Wildman–Crippen MR) is 60.6 cm³/mol. The van der Waals surface area contributed by atoms with Crippen molar-refractivity contribution >= 4 is 21.9 Å². The highest BCUT2D eigenvalue weighted by Crippen LogP contribution is 2.06. The fourth-order valence-electron chi connectivity index (χ4n) is 0.976. The lowest BCUT2D eigenvalue weighted by molar-refractivity contribution is -0.117. The molecule has 0 atom stereocenters. The van der Waals surface area contributed by atoms with Crippen LogP contribution >= 0.6 is 0 Å². The molecule has 0 aliphatic heterocycles. The molecule has 1 heterocycles. The highest BCUT2D eigenvalue weighted by Gasteiger charge is 2.14. The molecule has 0 aliphatic carbocycles. The molecule has 1 aromatic rings. The van der Waals surface area contributed by atoms with Crippen molar-refractivity contribution in [2.24, 2.45) is 5.73 Å². The maximum absolute atomic E-state index is 11.6. The molecule has 8 nitrogen and oxygen atoms in total. The van der Waals surface area contributed by atoms with Gasteiger partial charge in [-0.3, -0.25) is 4.79 Å². The van der Waals surface area contributed by atoms with Crippen LogP contribution in [0.4, 0.5) is 5.95 Å². The fraction of sp³-hybridized carbons (Fsp3) is 0.375. The Morgan fingerprint density at radius 2 is 2.00 bits per heavy atom. The first-order chi connectivity index (χ1) is 7.95. The largest absolute Gasteiger partial charge is 0.370 e. The Morgan fingerprint density at radius 1 is 1.41 bits per heavy atom. The number of rotatable bonds is 6. The summed E-state index contributed by atoms with van der Waals surface area (Å²) < 4.78 is 25.5. The Bertz CT molecular complexity index is 484. The van der Waals surface area contributed by atoms with Gasteiger partial charge in [0.1, 0.15) is 4.90 Å². The van der Waals surface area contributed by atoms with Crippen LogP contribution in [0.1, 0.15) is 6.42 Å². The monoisotopic (exact) mass is 259 g/mol. The van der Waals surface area contributed by atoms with Crippen molar-refractivity contribution in [2.75, 3.05) is 18.9 Å². The summed E-state index contributed by atoms with van der Waals surface area (Å²) in [5, 5.41) is 2.67. The van der Waals surface area contributed by atoms with Gasteiger partial charge in [-0.25, -0.2) is 23.1 Å². The molecule has 0 aromatic carbocycles. The summed E-state index contributed by atoms with van der Waals surface area (Å²) in [6, 6.07) is 0. The highest BCUT2D eigenvalue weighted by molar-refractivity contribution is 7.89. The topological polar surface area (TPSA) is 127 Å². The van der Waals surface area contributed by atoms with Gasteiger partial charge >= 0.3 is 0 Å². The molecular formula is C8H13N5O3S. The maximum atomic E-state index is 11.6. The van der Waals surface area contributed by atoms with E-state index in [0.29, 0.717) is 5.95 Å². The summed E-state index contributed by atoms with van der Waals surface area (Å²) in [4.78, 5) is 17.9. The number of sulfonamides is 1. The Hall–Kier alpha value is -1.74. The molecule has 0 fully saturated rings. The molecule has 4 N–H and O–H groups in total. The lowest BCUT2D eigenvalue weighted by Gasteiger charge is -2.05. The van der Waals surface area contributed by atoms with Crippen LogP contribution in [-0.4, -0.2) is 37.9 Å². The molecule has 0 bridgehead atoms. The van der Waals surface area contributed by atoms with Gasteiger partial charge in [0.25, 0.3) is 0 Å². The van der Waals surface area contributed by atoms with Crippen LogP contribution in [-0.2, 0) is 14.8 Å². The van der Waals surface area contributed by atoms with Crippen molar-refractivity contribution in [3.8, 4) is 0 Å². The quantitative estimate of drug-likeness (QED) is 0.581. The van der Waals surface area contributed by atoms with E-state index >= 15 is 0 Å². The van der Waals surface area contributed by atoms with E-state index in [-0.39, 0.29) is 17.9 Å². The zero-order valence-electron chi connectivity index (χ0n) is 9.17. The van der Waals surface area contributed by atoms with Gasteiger partial charge in [0.2, 0.25) is 21.9 Å². The molecule has 17 heavy (non-hydrogen) atoms. The summed E-state index contributed by atoms with van der Waals surface area (Å²) >= 11 is 0. The van der Waals surface area contributed by atoms with Crippen molar-refractivity contribution in [2.45, 2.75) is 11.3 Å². The molecule has 0 aliphatic rings. The van der Waals surface area contributed by atoms with Crippen LogP contribution < -0.4 is 15.8 Å². The third-order valence-electron chi connectivity index (χ3n) is 1.83. The van der Waals surface area contributed by atoms with E-state index in [1.807, 2.05) is 0 Å². The van der Waals surface area contributed by atoms with Crippen molar-refractivity contribution in [1.82, 2.24) is 14.7 Å². The number of nitrogens with two attached hydrogens (primary N) is 1. The van der Waals surface area contributed by atoms with Crippen molar-refractivity contribution in [3.05, 3.63) is 12.4 Å². The molecular weight excluding hydrogens is 246 g/mol. The van der Waals surface area contributed by atoms with Crippen LogP contribution in [0.25, 0.3) is 0 Å². The lowest BCUT2D eigenvalue weighted by atomic mass is 10.4. The first kappa shape index (κ1) is 13.3. The number of nitrogens with zero attached hydrogens (tertiary/aromatic N) is 2. The SMILES string of the molecule is CNc1ncc(S(=O)(=O)NCCC(N)=O)cn1. The number of anilines is 1. The number of hydrogen-bond acceptors (Lipinski definition) is 6. The lowest BCUT2D eigenvalue weighted by Crippen LogP contribution is -2.28. The van der Waals surface area contributed by atoms with Crippen molar-refractivity contribution in [1.29, 1.82) is 0 Å². The van der Waals surface area contributed by atoms with Crippen LogP contribution in [0.15, 0.2) is 17.3 Å². The Balaban J connectivity index is 2.72. The third-order valence-corrected chi connectivity index (χ3v) is 3.24. The molecule has 1 aromatic heterocycles. The summed E-state index contributed by atoms with van der Waals surface area (Å²) in [6.45, 7) is -0.0502. The van der Waals surface area contributed by atoms with E-state index in [9.17, 15) is 13.2 Å². The predicted octanol–water partition coefficient (Wildman–Crippen LogP) is -1.33. The van der Waals surface area contributed by atoms with Crippen molar-refractivity contribution < 1.29 is 13.2 Å². The fourth-order valence-corrected chi connectivity index (χ4v) is 1.90. The number of nitrogens with one attached hydrogen (secondary N) is 2. The minimum absolute atomic E-state index is 0.0502. The molecule has 9 heteroatoms. The normalized spacial score (nSPS) is 11.1. The molecule has 0 saturated carbocycles. The standard InChI is InChI=1S/C8H13N5O3S/c1-10-8-11-4-6(5-12-8)17(15,16)13-3-2-7(9)14/h4-5,13H,2-3H2,1H3,(H2,9,14)(H,10,11,12). The summed E-state index contributed by atoms with van der Waals surface area (Å²) in [5.74, 6) is -0.254. The number of hydrogen-bond donors (Lipinski definition) is 3. The smallest absolute Gasteiger partial charge is 0.243 e. The first-order valence-electron chi connectivity index (χ1n) is 4.73. The van der Waals surface area contributed by atoms with E-state index in [4.69, 9.17) is 5.73 Å². The van der Waals surface area contributed by atoms with Crippen molar-refractivity contribution in [3.63, 3.8) is 0 Å². The summed E-state index contributed by atoms with van der Waals surface area (Å²) in [6.07, 6.45) is 2.28. The second kappa shape index (κ2) is 5.55. The van der Waals surface area contributed by atoms with Gasteiger partial charge in [0, 0.05) is 20.0 Å². The highest BCUT2D eigenvalue weighted by atomic mass is 32.2. The minimum atomic E-state index is -3.69. The average molecular weight is 259 g/mol. The van der Waals surface area contributed by atoms with E-state index in [1.54, 1.807) is 7.05 Å². The number of aromatic nitrogens is 2. The molecule has 0 spiro atoms. The van der Waals surface area contributed by atoms with E-state index in [2.05, 4.69) is 20.0 Å². The maximum Gasteiger partial charge on any atom is 0.243 e. The van der Waals surface area contributed by atoms with Crippen LogP contribution in [0, 0.1) is 0 Å². The van der Waals surface area contributed by atoms with E-state index in [1.165, 1.54) is 12.4 Å². The number of amides is 1. The van der Waals surface area contributed by atoms with Gasteiger partial charge in [-0.05, 0) is 0 Å². The molecule has 1 amide bonds. The van der Waals surface area contributed by atoms with Gasteiger partial charge < -0.3 is 11.1 Å². The van der Waals surface area contributed by atoms with E-state index < -0.39 is 15.9 Å². The summed E-state index contributed by atoms with van der Waals surface area (Å²) in [5.41, 5.74) is 4.89. The van der Waals surface area contributed by atoms with Gasteiger partial charge in [-0.1, -0.05) is 0 Å². The third kappa shape index (κ3) is 3.96. The van der Waals surface area contributed by atoms with Gasteiger partial charge in [0.05, 0.1) is 12.4 Å². The molecule has 1 rings (SSSR count). The average Bonchev–Trinajstić information content (AvgIpc) is 2.28. The van der Waals surface area contributed by atoms with Gasteiger partial charge in [0.15, 0.2) is 0 Å². The number of carbonyl (C=O) groups is 1. The Labute approximate surface area is 98.7 Å². The van der Waals surface area contributed by atoms with Crippen LogP contribution in [0.2, 0.25) is 0 Å². The zero-order valence-corrected chi connectivity index (χ0v) is 9.99. The molecule has 0 saturated heterocycles. The van der Waals surface area contributed by atoms with Gasteiger partial charge in [-0.2, -0.15) is 0 Å². The minimum Gasteiger partial charge on any atom is -0.370 e. The second-order valence-electron chi connectivity index (χ2n) is 3.11.